The quantitative estimate of drug-likeness (QED) is 0.547. The topological polar surface area (TPSA) is 17.1 Å². The molecule has 0 unspecified atom stereocenters. The summed E-state index contributed by atoms with van der Waals surface area (Å²) in [5, 5.41) is 0. The second-order valence-electron chi connectivity index (χ2n) is 0. The summed E-state index contributed by atoms with van der Waals surface area (Å²) in [4.78, 5) is 0. The zero-order chi connectivity index (χ0) is 2.00. The van der Waals surface area contributed by atoms with Crippen LogP contribution in [0.15, 0.2) is 0 Å². The Morgan fingerprint density at radius 3 is 1.25 bits per heavy atom. The van der Waals surface area contributed by atoms with E-state index < -0.39 is 0 Å². The van der Waals surface area contributed by atoms with Crippen molar-refractivity contribution < 1.29 is 42.5 Å². The number of hydrogen-bond donors (Lipinski definition) is 0. The van der Waals surface area contributed by atoms with Crippen LogP contribution in [0.1, 0.15) is 0 Å². The van der Waals surface area contributed by atoms with Crippen LogP contribution in [0.2, 0.25) is 0 Å². The van der Waals surface area contributed by atoms with E-state index in [-0.39, 0.29) is 39.4 Å². The van der Waals surface area contributed by atoms with Gasteiger partial charge in [-0.25, -0.2) is 0 Å². The first-order chi connectivity index (χ1) is 1.00. The molecule has 0 atom stereocenters. The second-order valence-corrected chi connectivity index (χ2v) is 0. The molecule has 0 aliphatic carbocycles. The summed E-state index contributed by atoms with van der Waals surface area (Å²) in [6.07, 6.45) is 0. The second kappa shape index (κ2) is 20.9. The van der Waals surface area contributed by atoms with Crippen LogP contribution >= 0.6 is 0 Å². The van der Waals surface area contributed by atoms with Gasteiger partial charge in [-0.2, -0.15) is 0 Å². The van der Waals surface area contributed by atoms with Crippen molar-refractivity contribution >= 4 is 22.5 Å². The van der Waals surface area contributed by atoms with Gasteiger partial charge in [0.2, 0.25) is 0 Å². The number of hydrogen-bond acceptors (Lipinski definition) is 1. The molecule has 4 heavy (non-hydrogen) atoms. The molecular weight excluding hydrogens is 283 g/mol. The molecule has 0 amide bonds. The molecule has 0 fully saturated rings. The van der Waals surface area contributed by atoms with Crippen LogP contribution in [-0.4, -0.2) is 22.5 Å². The van der Waals surface area contributed by atoms with E-state index in [1.54, 1.807) is 0 Å². The maximum atomic E-state index is 8.34. The van der Waals surface area contributed by atoms with E-state index in [4.69, 9.17) is 3.08 Å². The van der Waals surface area contributed by atoms with Crippen molar-refractivity contribution in [3.63, 3.8) is 0 Å². The van der Waals surface area contributed by atoms with Gasteiger partial charge in [0.25, 0.3) is 0 Å². The van der Waals surface area contributed by atoms with Crippen LogP contribution < -0.4 is 0 Å². The molecular formula is MnNbOSn. The summed E-state index contributed by atoms with van der Waals surface area (Å²) in [6.45, 7) is 0. The fourth-order valence-electron chi connectivity index (χ4n) is 0. The number of rotatable bonds is 0. The molecule has 0 aromatic carbocycles. The Balaban J connectivity index is -0.00000000500. The molecule has 0 N–H and O–H groups in total. The predicted molar refractivity (Wildman–Crippen MR) is 6.44 cm³/mol. The van der Waals surface area contributed by atoms with Crippen molar-refractivity contribution in [1.82, 2.24) is 0 Å². The van der Waals surface area contributed by atoms with Crippen LogP contribution in [0.25, 0.3) is 0 Å². The molecule has 0 bridgehead atoms. The molecule has 0 aromatic heterocycles. The molecule has 0 aromatic rings. The summed E-state index contributed by atoms with van der Waals surface area (Å²) >= 11 is 0.300. The van der Waals surface area contributed by atoms with Gasteiger partial charge in [0, 0.05) is 39.4 Å². The maximum absolute atomic E-state index is 8.34. The summed E-state index contributed by atoms with van der Waals surface area (Å²) in [6, 6.07) is 0. The van der Waals surface area contributed by atoms with E-state index in [1.807, 2.05) is 0 Å². The fourth-order valence-corrected chi connectivity index (χ4v) is 0. The van der Waals surface area contributed by atoms with Gasteiger partial charge >= 0.3 is 25.6 Å². The van der Waals surface area contributed by atoms with Crippen LogP contribution in [-0.2, 0) is 42.5 Å². The SMILES string of the molecule is [Mn].[Nb].[O]=[Sn]. The average molecular weight is 283 g/mol. The molecule has 4 heteroatoms. The van der Waals surface area contributed by atoms with Crippen molar-refractivity contribution in [2.75, 3.05) is 0 Å². The Bertz CT molecular complexity index is 8.00. The van der Waals surface area contributed by atoms with Crippen molar-refractivity contribution in [1.29, 1.82) is 0 Å². The third kappa shape index (κ3) is 9.13. The monoisotopic (exact) mass is 284 g/mol. The molecule has 0 aliphatic rings. The molecule has 4 radical (unpaired) electrons. The summed E-state index contributed by atoms with van der Waals surface area (Å²) in [5.74, 6) is 0. The zero-order valence-corrected chi connectivity index (χ0v) is 7.97. The van der Waals surface area contributed by atoms with Gasteiger partial charge in [0.05, 0.1) is 0 Å². The standard InChI is InChI=1S/Mn.Nb.O.Sn. The van der Waals surface area contributed by atoms with E-state index in [9.17, 15) is 0 Å². The van der Waals surface area contributed by atoms with Crippen molar-refractivity contribution in [3.8, 4) is 0 Å². The van der Waals surface area contributed by atoms with Gasteiger partial charge in [0.15, 0.2) is 0 Å². The van der Waals surface area contributed by atoms with Gasteiger partial charge < -0.3 is 0 Å². The Kier molecular flexibility index (Phi) is 88.6. The zero-order valence-electron chi connectivity index (χ0n) is 1.73. The van der Waals surface area contributed by atoms with Gasteiger partial charge in [-0.1, -0.05) is 0 Å². The van der Waals surface area contributed by atoms with Crippen LogP contribution in [0.5, 0.6) is 0 Å². The molecule has 0 saturated carbocycles. The summed E-state index contributed by atoms with van der Waals surface area (Å²) in [5.41, 5.74) is 0. The summed E-state index contributed by atoms with van der Waals surface area (Å²) in [7, 11) is 0. The first-order valence-electron chi connectivity index (χ1n) is 0.204. The Hall–Kier alpha value is 1.86. The molecule has 0 heterocycles. The van der Waals surface area contributed by atoms with Gasteiger partial charge in [0.1, 0.15) is 0 Å². The average Bonchev–Trinajstić information content (AvgIpc) is 1.00. The Labute approximate surface area is 64.4 Å². The van der Waals surface area contributed by atoms with E-state index in [2.05, 4.69) is 0 Å². The van der Waals surface area contributed by atoms with Gasteiger partial charge in [-0.15, -0.1) is 0 Å². The predicted octanol–water partition coefficient (Wildman–Crippen LogP) is -0.505. The van der Waals surface area contributed by atoms with Crippen LogP contribution in [0.4, 0.5) is 0 Å². The Morgan fingerprint density at radius 1 is 1.25 bits per heavy atom. The van der Waals surface area contributed by atoms with E-state index in [0.29, 0.717) is 22.5 Å². The molecule has 1 nitrogen and oxygen atoms in total. The minimum atomic E-state index is 0. The molecule has 0 aliphatic heterocycles. The van der Waals surface area contributed by atoms with Gasteiger partial charge in [-0.3, -0.25) is 0 Å². The van der Waals surface area contributed by atoms with Crippen LogP contribution in [0.3, 0.4) is 0 Å². The van der Waals surface area contributed by atoms with Crippen molar-refractivity contribution in [2.45, 2.75) is 0 Å². The van der Waals surface area contributed by atoms with Crippen LogP contribution in [0, 0.1) is 0 Å². The molecule has 22 valence electrons. The third-order valence-corrected chi connectivity index (χ3v) is 0. The van der Waals surface area contributed by atoms with Crippen molar-refractivity contribution in [2.24, 2.45) is 0 Å². The Morgan fingerprint density at radius 2 is 1.25 bits per heavy atom. The molecule has 0 saturated heterocycles. The van der Waals surface area contributed by atoms with Crippen molar-refractivity contribution in [3.05, 3.63) is 0 Å². The summed E-state index contributed by atoms with van der Waals surface area (Å²) < 4.78 is 8.34. The van der Waals surface area contributed by atoms with Gasteiger partial charge in [-0.05, 0) is 0 Å². The molecule has 0 rings (SSSR count). The minimum absolute atomic E-state index is 0. The van der Waals surface area contributed by atoms with E-state index in [1.165, 1.54) is 0 Å². The first kappa shape index (κ1) is 16.9. The molecule has 0 spiro atoms. The van der Waals surface area contributed by atoms with E-state index >= 15 is 0 Å². The normalized spacial score (nSPS) is 1.00. The third-order valence-electron chi connectivity index (χ3n) is 0. The fraction of sp³-hybridized carbons (Fsp3) is 0. The van der Waals surface area contributed by atoms with E-state index in [0.717, 1.165) is 0 Å². The first-order valence-corrected chi connectivity index (χ1v) is 1.37.